The molecule has 0 aromatic heterocycles. The zero-order valence-electron chi connectivity index (χ0n) is 11.1. The number of methoxy groups -OCH3 is 1. The van der Waals surface area contributed by atoms with Crippen molar-refractivity contribution in [1.82, 2.24) is 0 Å². The fourth-order valence-corrected chi connectivity index (χ4v) is 2.35. The van der Waals surface area contributed by atoms with E-state index >= 15 is 0 Å². The summed E-state index contributed by atoms with van der Waals surface area (Å²) in [6, 6.07) is 7.71. The highest BCUT2D eigenvalue weighted by Crippen LogP contribution is 2.22. The maximum Gasteiger partial charge on any atom is 0.264 e. The first kappa shape index (κ1) is 15.8. The summed E-state index contributed by atoms with van der Waals surface area (Å²) in [4.78, 5) is 0. The summed E-state index contributed by atoms with van der Waals surface area (Å²) in [5.74, 6) is 0.668. The number of hydrogen-bond acceptors (Lipinski definition) is 4. The second-order valence-corrected chi connectivity index (χ2v) is 5.90. The smallest absolute Gasteiger partial charge is 0.264 e. The van der Waals surface area contributed by atoms with E-state index in [1.165, 1.54) is 0 Å². The van der Waals surface area contributed by atoms with Gasteiger partial charge in [0.2, 0.25) is 0 Å². The van der Waals surface area contributed by atoms with Crippen molar-refractivity contribution in [3.63, 3.8) is 0 Å². The van der Waals surface area contributed by atoms with E-state index in [4.69, 9.17) is 9.29 Å². The molecule has 108 valence electrons. The van der Waals surface area contributed by atoms with Crippen molar-refractivity contribution in [2.45, 2.75) is 25.7 Å². The molecule has 0 heterocycles. The molecule has 5 nitrogen and oxygen atoms in total. The predicted octanol–water partition coefficient (Wildman–Crippen LogP) is 2.56. The molecule has 0 unspecified atom stereocenters. The lowest BCUT2D eigenvalue weighted by atomic mass is 10.2. The van der Waals surface area contributed by atoms with Gasteiger partial charge in [-0.25, -0.2) is 0 Å². The van der Waals surface area contributed by atoms with Crippen LogP contribution in [0.4, 0.5) is 5.69 Å². The highest BCUT2D eigenvalue weighted by atomic mass is 32.2. The minimum atomic E-state index is -3.80. The number of benzene rings is 1. The number of rotatable bonds is 9. The topological polar surface area (TPSA) is 75.6 Å². The number of nitrogens with one attached hydrogen (secondary N) is 1. The van der Waals surface area contributed by atoms with Crippen LogP contribution in [0.15, 0.2) is 24.3 Å². The molecule has 1 rings (SSSR count). The Labute approximate surface area is 114 Å². The van der Waals surface area contributed by atoms with Crippen LogP contribution >= 0.6 is 0 Å². The van der Waals surface area contributed by atoms with Gasteiger partial charge in [0.05, 0.1) is 18.6 Å². The second-order valence-electron chi connectivity index (χ2n) is 4.33. The molecule has 0 aliphatic heterocycles. The maximum atomic E-state index is 10.5. The summed E-state index contributed by atoms with van der Waals surface area (Å²) in [5, 5.41) is 3.28. The molecule has 1 aromatic carbocycles. The van der Waals surface area contributed by atoms with Crippen LogP contribution in [0.3, 0.4) is 0 Å². The van der Waals surface area contributed by atoms with Crippen molar-refractivity contribution < 1.29 is 17.7 Å². The van der Waals surface area contributed by atoms with Gasteiger partial charge in [0.15, 0.2) is 0 Å². The summed E-state index contributed by atoms with van der Waals surface area (Å²) < 4.78 is 34.8. The SMILES string of the molecule is COc1ccccc1NCCCCCCS(=O)(=O)O. The van der Waals surface area contributed by atoms with Crippen LogP contribution in [0, 0.1) is 0 Å². The average molecular weight is 287 g/mol. The molecular formula is C13H21NO4S. The molecule has 0 spiro atoms. The van der Waals surface area contributed by atoms with Crippen LogP contribution in [0.5, 0.6) is 5.75 Å². The van der Waals surface area contributed by atoms with E-state index < -0.39 is 10.1 Å². The Balaban J connectivity index is 2.14. The zero-order chi connectivity index (χ0) is 14.1. The lowest BCUT2D eigenvalue weighted by Crippen LogP contribution is -2.05. The van der Waals surface area contributed by atoms with E-state index in [9.17, 15) is 8.42 Å². The van der Waals surface area contributed by atoms with E-state index in [-0.39, 0.29) is 5.75 Å². The lowest BCUT2D eigenvalue weighted by Gasteiger charge is -2.10. The molecule has 0 amide bonds. The maximum absolute atomic E-state index is 10.5. The quantitative estimate of drug-likeness (QED) is 0.539. The molecule has 1 aromatic rings. The Bertz CT molecular complexity index is 473. The third-order valence-electron chi connectivity index (χ3n) is 2.75. The van der Waals surface area contributed by atoms with E-state index in [1.807, 2.05) is 24.3 Å². The van der Waals surface area contributed by atoms with Gasteiger partial charge in [0.1, 0.15) is 5.75 Å². The van der Waals surface area contributed by atoms with Gasteiger partial charge >= 0.3 is 0 Å². The van der Waals surface area contributed by atoms with Gasteiger partial charge in [0, 0.05) is 6.54 Å². The summed E-state index contributed by atoms with van der Waals surface area (Å²) in [7, 11) is -2.17. The predicted molar refractivity (Wildman–Crippen MR) is 76.4 cm³/mol. The minimum absolute atomic E-state index is 0.146. The largest absolute Gasteiger partial charge is 0.495 e. The number of hydrogen-bond donors (Lipinski definition) is 2. The normalized spacial score (nSPS) is 11.3. The van der Waals surface area contributed by atoms with Crippen molar-refractivity contribution in [2.24, 2.45) is 0 Å². The monoisotopic (exact) mass is 287 g/mol. The average Bonchev–Trinajstić information content (AvgIpc) is 2.37. The molecule has 6 heteroatoms. The van der Waals surface area contributed by atoms with Crippen molar-refractivity contribution in [2.75, 3.05) is 24.7 Å². The summed E-state index contributed by atoms with van der Waals surface area (Å²) in [5.41, 5.74) is 0.961. The Hall–Kier alpha value is -1.27. The second kappa shape index (κ2) is 8.01. The molecule has 0 fully saturated rings. The van der Waals surface area contributed by atoms with E-state index in [0.29, 0.717) is 6.42 Å². The molecule has 2 N–H and O–H groups in total. The van der Waals surface area contributed by atoms with Crippen LogP contribution in [0.1, 0.15) is 25.7 Å². The van der Waals surface area contributed by atoms with Gasteiger partial charge in [-0.2, -0.15) is 8.42 Å². The number of ether oxygens (including phenoxy) is 1. The minimum Gasteiger partial charge on any atom is -0.495 e. The molecule has 0 aliphatic rings. The van der Waals surface area contributed by atoms with Crippen LogP contribution in [-0.2, 0) is 10.1 Å². The van der Waals surface area contributed by atoms with Gasteiger partial charge in [-0.3, -0.25) is 4.55 Å². The Morgan fingerprint density at radius 2 is 1.84 bits per heavy atom. The Kier molecular flexibility index (Phi) is 6.66. The van der Waals surface area contributed by atoms with Crippen LogP contribution in [0.2, 0.25) is 0 Å². The van der Waals surface area contributed by atoms with Gasteiger partial charge in [-0.05, 0) is 25.0 Å². The highest BCUT2D eigenvalue weighted by Gasteiger charge is 2.03. The van der Waals surface area contributed by atoms with E-state index in [1.54, 1.807) is 7.11 Å². The first-order chi connectivity index (χ1) is 9.03. The zero-order valence-corrected chi connectivity index (χ0v) is 11.9. The van der Waals surface area contributed by atoms with Crippen LogP contribution in [-0.4, -0.2) is 32.4 Å². The molecule has 0 atom stereocenters. The number of unbranched alkanes of at least 4 members (excludes halogenated alkanes) is 3. The number of anilines is 1. The molecule has 0 aliphatic carbocycles. The fraction of sp³-hybridized carbons (Fsp3) is 0.538. The highest BCUT2D eigenvalue weighted by molar-refractivity contribution is 7.85. The third kappa shape index (κ3) is 7.03. The van der Waals surface area contributed by atoms with Gasteiger partial charge < -0.3 is 10.1 Å². The standard InChI is InChI=1S/C13H21NO4S/c1-18-13-9-5-4-8-12(13)14-10-6-2-3-7-11-19(15,16)17/h4-5,8-9,14H,2-3,6-7,10-11H2,1H3,(H,15,16,17). The van der Waals surface area contributed by atoms with Crippen molar-refractivity contribution in [1.29, 1.82) is 0 Å². The van der Waals surface area contributed by atoms with Gasteiger partial charge in [0.25, 0.3) is 10.1 Å². The van der Waals surface area contributed by atoms with E-state index in [0.717, 1.165) is 37.2 Å². The van der Waals surface area contributed by atoms with Crippen molar-refractivity contribution in [3.05, 3.63) is 24.3 Å². The molecule has 19 heavy (non-hydrogen) atoms. The fourth-order valence-electron chi connectivity index (χ4n) is 1.78. The molecule has 0 saturated carbocycles. The van der Waals surface area contributed by atoms with Crippen molar-refractivity contribution in [3.8, 4) is 5.75 Å². The van der Waals surface area contributed by atoms with Gasteiger partial charge in [-0.15, -0.1) is 0 Å². The first-order valence-corrected chi connectivity index (χ1v) is 7.96. The summed E-state index contributed by atoms with van der Waals surface area (Å²) in [6.45, 7) is 0.812. The van der Waals surface area contributed by atoms with Gasteiger partial charge in [-0.1, -0.05) is 25.0 Å². The molecule has 0 bridgehead atoms. The van der Waals surface area contributed by atoms with Crippen LogP contribution < -0.4 is 10.1 Å². The summed E-state index contributed by atoms with van der Waals surface area (Å²) >= 11 is 0. The number of para-hydroxylation sites is 2. The van der Waals surface area contributed by atoms with E-state index in [2.05, 4.69) is 5.32 Å². The summed E-state index contributed by atoms with van der Waals surface area (Å²) in [6.07, 6.45) is 3.18. The Morgan fingerprint density at radius 1 is 1.16 bits per heavy atom. The first-order valence-electron chi connectivity index (χ1n) is 6.35. The molecular weight excluding hydrogens is 266 g/mol. The lowest BCUT2D eigenvalue weighted by molar-refractivity contribution is 0.416. The third-order valence-corrected chi connectivity index (χ3v) is 3.56. The molecule has 0 saturated heterocycles. The van der Waals surface area contributed by atoms with Crippen molar-refractivity contribution >= 4 is 15.8 Å². The Morgan fingerprint density at radius 3 is 2.53 bits per heavy atom. The molecule has 0 radical (unpaired) electrons. The van der Waals surface area contributed by atoms with Crippen LogP contribution in [0.25, 0.3) is 0 Å².